The van der Waals surface area contributed by atoms with Crippen LogP contribution in [0.2, 0.25) is 0 Å². The second-order valence-corrected chi connectivity index (χ2v) is 7.63. The van der Waals surface area contributed by atoms with Gasteiger partial charge in [0.1, 0.15) is 0 Å². The fourth-order valence-electron chi connectivity index (χ4n) is 2.63. The number of rotatable bonds is 4. The highest BCUT2D eigenvalue weighted by Gasteiger charge is 2.31. The molecule has 1 aliphatic rings. The summed E-state index contributed by atoms with van der Waals surface area (Å²) in [6.45, 7) is 5.93. The van der Waals surface area contributed by atoms with Gasteiger partial charge < -0.3 is 5.11 Å². The number of allylic oxidation sites excluding steroid dienone is 1. The van der Waals surface area contributed by atoms with Crippen LogP contribution < -0.4 is 4.72 Å². The van der Waals surface area contributed by atoms with Gasteiger partial charge in [0.2, 0.25) is 10.0 Å². The van der Waals surface area contributed by atoms with Crippen LogP contribution in [0.15, 0.2) is 40.8 Å². The molecule has 0 unspecified atom stereocenters. The fourth-order valence-corrected chi connectivity index (χ4v) is 3.89. The Kier molecular flexibility index (Phi) is 4.86. The number of aryl methyl sites for hydroxylation is 1. The minimum Gasteiger partial charge on any atom is -0.391 e. The maximum absolute atomic E-state index is 12.5. The van der Waals surface area contributed by atoms with Gasteiger partial charge in [0.25, 0.3) is 0 Å². The second kappa shape index (κ2) is 6.30. The van der Waals surface area contributed by atoms with E-state index in [2.05, 4.69) is 4.72 Å². The molecular formula is C16H23NO3S. The standard InChI is InChI=1S/C16H23NO3S/c1-11(2)14-5-4-6-15(18)16(14)17-21(19,20)13-9-7-12(3)8-10-13/h5,7-11,15-18H,4,6H2,1-3H3/t15-,16-/m1/s1. The monoisotopic (exact) mass is 309 g/mol. The van der Waals surface area contributed by atoms with Crippen molar-refractivity contribution in [2.45, 2.75) is 50.7 Å². The van der Waals surface area contributed by atoms with Crippen LogP contribution in [0.4, 0.5) is 0 Å². The lowest BCUT2D eigenvalue weighted by Crippen LogP contribution is -2.47. The molecule has 0 heterocycles. The van der Waals surface area contributed by atoms with Crippen LogP contribution in [0.1, 0.15) is 32.3 Å². The zero-order valence-electron chi connectivity index (χ0n) is 12.7. The van der Waals surface area contributed by atoms with E-state index >= 15 is 0 Å². The third-order valence-electron chi connectivity index (χ3n) is 3.87. The Morgan fingerprint density at radius 1 is 1.24 bits per heavy atom. The lowest BCUT2D eigenvalue weighted by Gasteiger charge is -2.32. The molecular weight excluding hydrogens is 286 g/mol. The maximum Gasteiger partial charge on any atom is 0.241 e. The van der Waals surface area contributed by atoms with E-state index < -0.39 is 22.2 Å². The van der Waals surface area contributed by atoms with Crippen molar-refractivity contribution < 1.29 is 13.5 Å². The highest BCUT2D eigenvalue weighted by Crippen LogP contribution is 2.26. The Bertz CT molecular complexity index is 617. The van der Waals surface area contributed by atoms with Crippen molar-refractivity contribution in [3.63, 3.8) is 0 Å². The van der Waals surface area contributed by atoms with Gasteiger partial charge in [-0.3, -0.25) is 0 Å². The van der Waals surface area contributed by atoms with Gasteiger partial charge in [-0.15, -0.1) is 0 Å². The highest BCUT2D eigenvalue weighted by atomic mass is 32.2. The van der Waals surface area contributed by atoms with Crippen molar-refractivity contribution in [2.24, 2.45) is 5.92 Å². The molecule has 116 valence electrons. The molecule has 4 nitrogen and oxygen atoms in total. The Morgan fingerprint density at radius 3 is 2.43 bits per heavy atom. The van der Waals surface area contributed by atoms with Gasteiger partial charge in [-0.05, 0) is 37.8 Å². The quantitative estimate of drug-likeness (QED) is 0.839. The first kappa shape index (κ1) is 16.2. The summed E-state index contributed by atoms with van der Waals surface area (Å²) in [5, 5.41) is 10.2. The molecule has 0 aromatic heterocycles. The minimum atomic E-state index is -3.63. The Hall–Kier alpha value is -1.17. The van der Waals surface area contributed by atoms with Gasteiger partial charge in [-0.25, -0.2) is 13.1 Å². The normalized spacial score (nSPS) is 23.2. The molecule has 0 spiro atoms. The molecule has 1 aromatic carbocycles. The zero-order chi connectivity index (χ0) is 15.6. The summed E-state index contributed by atoms with van der Waals surface area (Å²) < 4.78 is 27.6. The van der Waals surface area contributed by atoms with E-state index in [1.807, 2.05) is 26.8 Å². The van der Waals surface area contributed by atoms with Gasteiger partial charge >= 0.3 is 0 Å². The van der Waals surface area contributed by atoms with E-state index in [1.165, 1.54) is 0 Å². The Balaban J connectivity index is 2.28. The van der Waals surface area contributed by atoms with Crippen LogP contribution in [0.3, 0.4) is 0 Å². The van der Waals surface area contributed by atoms with Crippen LogP contribution in [0.25, 0.3) is 0 Å². The Labute approximate surface area is 126 Å². The van der Waals surface area contributed by atoms with Gasteiger partial charge in [0.05, 0.1) is 17.0 Å². The molecule has 2 rings (SSSR count). The van der Waals surface area contributed by atoms with E-state index in [0.29, 0.717) is 6.42 Å². The zero-order valence-corrected chi connectivity index (χ0v) is 13.5. The van der Waals surface area contributed by atoms with E-state index in [9.17, 15) is 13.5 Å². The SMILES string of the molecule is Cc1ccc(S(=O)(=O)N[C@@H]2C(C(C)C)=CCC[C@H]2O)cc1. The smallest absolute Gasteiger partial charge is 0.241 e. The number of hydrogen-bond donors (Lipinski definition) is 2. The maximum atomic E-state index is 12.5. The molecule has 0 bridgehead atoms. The molecule has 0 saturated heterocycles. The molecule has 0 saturated carbocycles. The fraction of sp³-hybridized carbons (Fsp3) is 0.500. The van der Waals surface area contributed by atoms with E-state index in [4.69, 9.17) is 0 Å². The number of nitrogens with one attached hydrogen (secondary N) is 1. The first-order valence-electron chi connectivity index (χ1n) is 7.28. The number of sulfonamides is 1. The van der Waals surface area contributed by atoms with Crippen LogP contribution in [-0.2, 0) is 10.0 Å². The van der Waals surface area contributed by atoms with Gasteiger partial charge in [0.15, 0.2) is 0 Å². The van der Waals surface area contributed by atoms with Crippen molar-refractivity contribution in [3.8, 4) is 0 Å². The number of hydrogen-bond acceptors (Lipinski definition) is 3. The lowest BCUT2D eigenvalue weighted by molar-refractivity contribution is 0.132. The van der Waals surface area contributed by atoms with E-state index in [-0.39, 0.29) is 10.8 Å². The summed E-state index contributed by atoms with van der Waals surface area (Å²) in [6.07, 6.45) is 2.74. The summed E-state index contributed by atoms with van der Waals surface area (Å²) in [5.41, 5.74) is 1.97. The van der Waals surface area contributed by atoms with Gasteiger partial charge in [0, 0.05) is 0 Å². The van der Waals surface area contributed by atoms with Crippen molar-refractivity contribution in [3.05, 3.63) is 41.5 Å². The summed E-state index contributed by atoms with van der Waals surface area (Å²) in [7, 11) is -3.63. The topological polar surface area (TPSA) is 66.4 Å². The van der Waals surface area contributed by atoms with Crippen LogP contribution in [0.5, 0.6) is 0 Å². The van der Waals surface area contributed by atoms with Crippen molar-refractivity contribution in [1.29, 1.82) is 0 Å². The minimum absolute atomic E-state index is 0.200. The summed E-state index contributed by atoms with van der Waals surface area (Å²) in [4.78, 5) is 0.231. The molecule has 1 aromatic rings. The largest absolute Gasteiger partial charge is 0.391 e. The summed E-state index contributed by atoms with van der Waals surface area (Å²) in [6, 6.07) is 6.18. The molecule has 0 fully saturated rings. The average Bonchev–Trinajstić information content (AvgIpc) is 2.41. The van der Waals surface area contributed by atoms with Crippen molar-refractivity contribution in [2.75, 3.05) is 0 Å². The first-order chi connectivity index (χ1) is 9.81. The number of aliphatic hydroxyl groups excluding tert-OH is 1. The molecule has 2 N–H and O–H groups in total. The van der Waals surface area contributed by atoms with E-state index in [1.54, 1.807) is 24.3 Å². The predicted octanol–water partition coefficient (Wildman–Crippen LogP) is 2.38. The molecule has 1 aliphatic carbocycles. The number of aliphatic hydroxyl groups is 1. The third-order valence-corrected chi connectivity index (χ3v) is 5.32. The first-order valence-corrected chi connectivity index (χ1v) is 8.76. The van der Waals surface area contributed by atoms with Gasteiger partial charge in [-0.1, -0.05) is 43.2 Å². The average molecular weight is 309 g/mol. The van der Waals surface area contributed by atoms with Crippen molar-refractivity contribution >= 4 is 10.0 Å². The summed E-state index contributed by atoms with van der Waals surface area (Å²) in [5.74, 6) is 0.200. The molecule has 21 heavy (non-hydrogen) atoms. The third kappa shape index (κ3) is 3.73. The van der Waals surface area contributed by atoms with Crippen molar-refractivity contribution in [1.82, 2.24) is 4.72 Å². The van der Waals surface area contributed by atoms with Crippen LogP contribution in [0, 0.1) is 12.8 Å². The predicted molar refractivity (Wildman–Crippen MR) is 83.5 cm³/mol. The number of benzene rings is 1. The van der Waals surface area contributed by atoms with Crippen LogP contribution >= 0.6 is 0 Å². The lowest BCUT2D eigenvalue weighted by atomic mass is 9.86. The summed E-state index contributed by atoms with van der Waals surface area (Å²) >= 11 is 0. The molecule has 2 atom stereocenters. The molecule has 0 amide bonds. The van der Waals surface area contributed by atoms with E-state index in [0.717, 1.165) is 17.6 Å². The van der Waals surface area contributed by atoms with Crippen LogP contribution in [-0.4, -0.2) is 25.7 Å². The second-order valence-electron chi connectivity index (χ2n) is 5.92. The molecule has 0 aliphatic heterocycles. The van der Waals surface area contributed by atoms with Gasteiger partial charge in [-0.2, -0.15) is 0 Å². The molecule has 5 heteroatoms. The molecule has 0 radical (unpaired) electrons. The Morgan fingerprint density at radius 2 is 1.86 bits per heavy atom. The highest BCUT2D eigenvalue weighted by molar-refractivity contribution is 7.89.